The van der Waals surface area contributed by atoms with Gasteiger partial charge in [0.15, 0.2) is 4.77 Å². The predicted octanol–water partition coefficient (Wildman–Crippen LogP) is 2.76. The summed E-state index contributed by atoms with van der Waals surface area (Å²) in [5, 5.41) is 0. The Morgan fingerprint density at radius 1 is 1.53 bits per heavy atom. The highest BCUT2D eigenvalue weighted by Crippen LogP contribution is 2.27. The molecule has 0 saturated carbocycles. The van der Waals surface area contributed by atoms with E-state index in [1.54, 1.807) is 13.0 Å². The van der Waals surface area contributed by atoms with Gasteiger partial charge in [-0.1, -0.05) is 0 Å². The van der Waals surface area contributed by atoms with Gasteiger partial charge in [0.25, 0.3) is 0 Å². The lowest BCUT2D eigenvalue weighted by Crippen LogP contribution is -2.32. The van der Waals surface area contributed by atoms with Crippen LogP contribution in [0.5, 0.6) is 0 Å². The maximum absolute atomic E-state index is 13.6. The van der Waals surface area contributed by atoms with Crippen molar-refractivity contribution in [3.05, 3.63) is 28.3 Å². The van der Waals surface area contributed by atoms with E-state index in [1.807, 2.05) is 18.4 Å². The molecule has 1 amide bonds. The summed E-state index contributed by atoms with van der Waals surface area (Å²) in [7, 11) is 0. The lowest BCUT2D eigenvalue weighted by molar-refractivity contribution is -0.119. The SMILES string of the molecule is Cc1cc2c(cc1F)[nH]c(=S)n2C(C)(C)CC(N)=O. The maximum Gasteiger partial charge on any atom is 0.219 e. The van der Waals surface area contributed by atoms with Gasteiger partial charge in [0, 0.05) is 6.42 Å². The Morgan fingerprint density at radius 2 is 2.16 bits per heavy atom. The minimum absolute atomic E-state index is 0.157. The standard InChI is InChI=1S/C13H16FN3OS/c1-7-4-10-9(5-8(7)14)16-12(19)17(10)13(2,3)6-11(15)18/h4-5H,6H2,1-3H3,(H2,15,18)(H,16,19). The van der Waals surface area contributed by atoms with Gasteiger partial charge in [-0.3, -0.25) is 4.79 Å². The normalized spacial score (nSPS) is 12.0. The molecule has 0 bridgehead atoms. The number of carbonyl (C=O) groups excluding carboxylic acids is 1. The summed E-state index contributed by atoms with van der Waals surface area (Å²) in [5.41, 5.74) is 6.63. The van der Waals surface area contributed by atoms with Gasteiger partial charge < -0.3 is 15.3 Å². The van der Waals surface area contributed by atoms with E-state index in [0.717, 1.165) is 5.52 Å². The molecule has 102 valence electrons. The minimum atomic E-state index is -0.564. The number of aromatic amines is 1. The van der Waals surface area contributed by atoms with Crippen LogP contribution in [0.25, 0.3) is 11.0 Å². The zero-order valence-electron chi connectivity index (χ0n) is 11.1. The van der Waals surface area contributed by atoms with Crippen LogP contribution < -0.4 is 5.73 Å². The van der Waals surface area contributed by atoms with Crippen molar-refractivity contribution in [2.24, 2.45) is 5.73 Å². The fraction of sp³-hybridized carbons (Fsp3) is 0.385. The highest BCUT2D eigenvalue weighted by Gasteiger charge is 2.26. The number of nitrogens with one attached hydrogen (secondary N) is 1. The number of nitrogens with zero attached hydrogens (tertiary/aromatic N) is 1. The zero-order valence-corrected chi connectivity index (χ0v) is 11.9. The van der Waals surface area contributed by atoms with E-state index in [0.29, 0.717) is 15.9 Å². The summed E-state index contributed by atoms with van der Waals surface area (Å²) < 4.78 is 15.8. The first-order chi connectivity index (χ1) is 8.72. The van der Waals surface area contributed by atoms with Gasteiger partial charge in [-0.2, -0.15) is 0 Å². The summed E-state index contributed by atoms with van der Waals surface area (Å²) >= 11 is 5.27. The molecule has 2 rings (SSSR count). The predicted molar refractivity (Wildman–Crippen MR) is 75.0 cm³/mol. The molecule has 0 unspecified atom stereocenters. The van der Waals surface area contributed by atoms with Crippen molar-refractivity contribution >= 4 is 29.2 Å². The Kier molecular flexibility index (Phi) is 3.22. The molecular weight excluding hydrogens is 265 g/mol. The van der Waals surface area contributed by atoms with Crippen LogP contribution in [-0.2, 0) is 10.3 Å². The third-order valence-corrected chi connectivity index (χ3v) is 3.46. The Balaban J connectivity index is 2.73. The number of halogens is 1. The first-order valence-electron chi connectivity index (χ1n) is 5.92. The number of imidazole rings is 1. The number of rotatable bonds is 3. The van der Waals surface area contributed by atoms with Crippen LogP contribution in [-0.4, -0.2) is 15.5 Å². The number of primary amides is 1. The number of hydrogen-bond donors (Lipinski definition) is 2. The van der Waals surface area contributed by atoms with E-state index < -0.39 is 11.4 Å². The van der Waals surface area contributed by atoms with E-state index >= 15 is 0 Å². The van der Waals surface area contributed by atoms with Crippen LogP contribution >= 0.6 is 12.2 Å². The topological polar surface area (TPSA) is 63.8 Å². The van der Waals surface area contributed by atoms with Crippen molar-refractivity contribution in [3.8, 4) is 0 Å². The lowest BCUT2D eigenvalue weighted by Gasteiger charge is -2.26. The molecule has 6 heteroatoms. The molecule has 0 spiro atoms. The number of nitrogens with two attached hydrogens (primary N) is 1. The summed E-state index contributed by atoms with van der Waals surface area (Å²) in [6, 6.07) is 3.14. The summed E-state index contributed by atoms with van der Waals surface area (Å²) in [6.45, 7) is 5.44. The van der Waals surface area contributed by atoms with Gasteiger partial charge in [-0.15, -0.1) is 0 Å². The van der Waals surface area contributed by atoms with Gasteiger partial charge in [0.05, 0.1) is 16.6 Å². The molecule has 0 fully saturated rings. The smallest absolute Gasteiger partial charge is 0.219 e. The van der Waals surface area contributed by atoms with Crippen molar-refractivity contribution in [3.63, 3.8) is 0 Å². The Morgan fingerprint density at radius 3 is 2.74 bits per heavy atom. The fourth-order valence-electron chi connectivity index (χ4n) is 2.34. The number of fused-ring (bicyclic) bond motifs is 1. The van der Waals surface area contributed by atoms with E-state index in [2.05, 4.69) is 4.98 Å². The average molecular weight is 281 g/mol. The molecule has 0 atom stereocenters. The van der Waals surface area contributed by atoms with E-state index in [4.69, 9.17) is 18.0 Å². The van der Waals surface area contributed by atoms with Crippen molar-refractivity contribution < 1.29 is 9.18 Å². The molecule has 19 heavy (non-hydrogen) atoms. The second-order valence-corrected chi connectivity index (χ2v) is 5.73. The number of amides is 1. The largest absolute Gasteiger partial charge is 0.370 e. The molecule has 2 aromatic rings. The molecule has 0 aliphatic rings. The molecule has 1 aromatic heterocycles. The lowest BCUT2D eigenvalue weighted by atomic mass is 9.99. The second-order valence-electron chi connectivity index (χ2n) is 5.34. The highest BCUT2D eigenvalue weighted by molar-refractivity contribution is 7.71. The highest BCUT2D eigenvalue weighted by atomic mass is 32.1. The molecule has 0 saturated heterocycles. The third kappa shape index (κ3) is 2.40. The number of benzene rings is 1. The maximum atomic E-state index is 13.6. The van der Waals surface area contributed by atoms with Gasteiger partial charge in [0.1, 0.15) is 5.82 Å². The molecule has 1 heterocycles. The average Bonchev–Trinajstić information content (AvgIpc) is 2.53. The molecular formula is C13H16FN3OS. The van der Waals surface area contributed by atoms with E-state index in [9.17, 15) is 9.18 Å². The molecule has 1 aromatic carbocycles. The Labute approximate surface area is 115 Å². The molecule has 0 aliphatic heterocycles. The Hall–Kier alpha value is -1.69. The number of H-pyrrole nitrogens is 1. The quantitative estimate of drug-likeness (QED) is 0.850. The van der Waals surface area contributed by atoms with Crippen molar-refractivity contribution in [1.29, 1.82) is 0 Å². The molecule has 0 radical (unpaired) electrons. The van der Waals surface area contributed by atoms with Crippen molar-refractivity contribution in [2.75, 3.05) is 0 Å². The number of carbonyl (C=O) groups is 1. The van der Waals surface area contributed by atoms with Crippen LogP contribution in [0.4, 0.5) is 4.39 Å². The Bertz CT molecular complexity index is 714. The zero-order chi connectivity index (χ0) is 14.4. The number of hydrogen-bond acceptors (Lipinski definition) is 2. The van der Waals surface area contributed by atoms with Gasteiger partial charge in [-0.25, -0.2) is 4.39 Å². The number of aryl methyl sites for hydroxylation is 1. The molecule has 0 aliphatic carbocycles. The second kappa shape index (κ2) is 4.45. The van der Waals surface area contributed by atoms with E-state index in [-0.39, 0.29) is 12.2 Å². The summed E-state index contributed by atoms with van der Waals surface area (Å²) in [6.07, 6.45) is 0.157. The monoisotopic (exact) mass is 281 g/mol. The van der Waals surface area contributed by atoms with Gasteiger partial charge in [0.2, 0.25) is 5.91 Å². The first-order valence-corrected chi connectivity index (χ1v) is 6.33. The first kappa shape index (κ1) is 13.7. The number of aromatic nitrogens is 2. The third-order valence-electron chi connectivity index (χ3n) is 3.17. The molecule has 3 N–H and O–H groups in total. The van der Waals surface area contributed by atoms with Crippen LogP contribution in [0.1, 0.15) is 25.8 Å². The van der Waals surface area contributed by atoms with Crippen molar-refractivity contribution in [1.82, 2.24) is 9.55 Å². The summed E-state index contributed by atoms with van der Waals surface area (Å²) in [5.74, 6) is -0.691. The van der Waals surface area contributed by atoms with Gasteiger partial charge in [-0.05, 0) is 50.7 Å². The van der Waals surface area contributed by atoms with Crippen LogP contribution in [0.2, 0.25) is 0 Å². The van der Waals surface area contributed by atoms with Gasteiger partial charge >= 0.3 is 0 Å². The van der Waals surface area contributed by atoms with Crippen LogP contribution in [0.15, 0.2) is 12.1 Å². The van der Waals surface area contributed by atoms with Crippen LogP contribution in [0, 0.1) is 17.5 Å². The van der Waals surface area contributed by atoms with Crippen molar-refractivity contribution in [2.45, 2.75) is 32.7 Å². The molecule has 4 nitrogen and oxygen atoms in total. The fourth-order valence-corrected chi connectivity index (χ4v) is 2.79. The summed E-state index contributed by atoms with van der Waals surface area (Å²) in [4.78, 5) is 14.1. The van der Waals surface area contributed by atoms with E-state index in [1.165, 1.54) is 6.07 Å². The van der Waals surface area contributed by atoms with Crippen LogP contribution in [0.3, 0.4) is 0 Å². The minimum Gasteiger partial charge on any atom is -0.370 e.